The van der Waals surface area contributed by atoms with Gasteiger partial charge < -0.3 is 49.6 Å². The fourth-order valence-corrected chi connectivity index (χ4v) is 7.10. The quantitative estimate of drug-likeness (QED) is 0.114. The molecule has 1 aromatic heterocycles. The molecule has 0 radical (unpaired) electrons. The predicted molar refractivity (Wildman–Crippen MR) is 210 cm³/mol. The third kappa shape index (κ3) is 15.8. The van der Waals surface area contributed by atoms with Gasteiger partial charge in [0.15, 0.2) is 0 Å². The fourth-order valence-electron chi connectivity index (χ4n) is 6.29. The normalized spacial score (nSPS) is 18.4. The van der Waals surface area contributed by atoms with Gasteiger partial charge in [-0.25, -0.2) is 4.98 Å². The van der Waals surface area contributed by atoms with Crippen LogP contribution in [-0.2, 0) is 44.6 Å². The number of carbonyl (C=O) groups is 3. The van der Waals surface area contributed by atoms with Gasteiger partial charge in [-0.05, 0) is 23.5 Å². The number of piperazine rings is 1. The Morgan fingerprint density at radius 1 is 0.909 bits per heavy atom. The van der Waals surface area contributed by atoms with Crippen molar-refractivity contribution in [3.8, 4) is 10.4 Å². The molecule has 2 saturated heterocycles. The molecule has 1 aromatic carbocycles. The van der Waals surface area contributed by atoms with E-state index in [1.165, 1.54) is 4.90 Å². The average Bonchev–Trinajstić information content (AvgIpc) is 3.79. The first kappa shape index (κ1) is 44.7. The van der Waals surface area contributed by atoms with Crippen LogP contribution in [0.5, 0.6) is 0 Å². The number of ether oxygens (including phenoxy) is 5. The lowest BCUT2D eigenvalue weighted by molar-refractivity contribution is -0.144. The number of carbonyl (C=O) groups excluding carboxylic acids is 3. The number of aryl methyl sites for hydroxylation is 1. The standard InChI is InChI=1S/C39H62N6O9S/c1-29-35(55-28-42-29)31-7-5-30(6-8-31)26-41-37(48)33-25-32(46)27-45(33)38(49)36(39(2,3)4)43-34(47)9-15-50-17-19-52-21-23-54-24-22-53-20-18-51-16-14-44-12-10-40-11-13-44/h5-8,28,32-33,36,40,46H,9-27H2,1-4H3,(H,41,48)(H,43,47)/t32-,33+,36-/m1/s1. The Balaban J connectivity index is 1.05. The number of likely N-dealkylation sites (tertiary alicyclic amines) is 1. The van der Waals surface area contributed by atoms with Crippen LogP contribution >= 0.6 is 11.3 Å². The van der Waals surface area contributed by atoms with Gasteiger partial charge in [0.1, 0.15) is 12.1 Å². The van der Waals surface area contributed by atoms with E-state index in [1.54, 1.807) is 11.3 Å². The highest BCUT2D eigenvalue weighted by Gasteiger charge is 2.44. The molecule has 2 fully saturated rings. The van der Waals surface area contributed by atoms with E-state index in [0.717, 1.165) is 54.4 Å². The lowest BCUT2D eigenvalue weighted by Gasteiger charge is -2.35. The van der Waals surface area contributed by atoms with Gasteiger partial charge in [-0.2, -0.15) is 0 Å². The molecule has 3 atom stereocenters. The molecule has 15 nitrogen and oxygen atoms in total. The second kappa shape index (κ2) is 23.9. The highest BCUT2D eigenvalue weighted by Crippen LogP contribution is 2.28. The molecule has 4 rings (SSSR count). The molecule has 16 heteroatoms. The summed E-state index contributed by atoms with van der Waals surface area (Å²) in [4.78, 5) is 49.3. The molecule has 0 unspecified atom stereocenters. The molecule has 4 N–H and O–H groups in total. The molecule has 0 aliphatic carbocycles. The van der Waals surface area contributed by atoms with Crippen LogP contribution in [0.15, 0.2) is 29.8 Å². The molecule has 55 heavy (non-hydrogen) atoms. The van der Waals surface area contributed by atoms with Gasteiger partial charge in [0.05, 0.1) is 88.3 Å². The Hall–Kier alpha value is -3.06. The van der Waals surface area contributed by atoms with Crippen molar-refractivity contribution >= 4 is 29.1 Å². The molecule has 0 spiro atoms. The highest BCUT2D eigenvalue weighted by molar-refractivity contribution is 7.13. The first-order valence-corrected chi connectivity index (χ1v) is 20.3. The minimum atomic E-state index is -0.905. The maximum atomic E-state index is 13.9. The Bertz CT molecular complexity index is 1430. The van der Waals surface area contributed by atoms with Crippen molar-refractivity contribution in [3.05, 3.63) is 41.0 Å². The Morgan fingerprint density at radius 2 is 1.49 bits per heavy atom. The summed E-state index contributed by atoms with van der Waals surface area (Å²) < 4.78 is 27.8. The van der Waals surface area contributed by atoms with Crippen LogP contribution in [0.3, 0.4) is 0 Å². The molecule has 3 amide bonds. The number of benzene rings is 1. The van der Waals surface area contributed by atoms with E-state index in [1.807, 2.05) is 57.5 Å². The molecule has 0 bridgehead atoms. The van der Waals surface area contributed by atoms with Crippen molar-refractivity contribution < 1.29 is 43.2 Å². The second-order valence-corrected chi connectivity index (χ2v) is 15.7. The van der Waals surface area contributed by atoms with Crippen LogP contribution in [-0.4, -0.2) is 161 Å². The number of hydrogen-bond acceptors (Lipinski definition) is 13. The molecule has 2 aliphatic heterocycles. The van der Waals surface area contributed by atoms with Crippen molar-refractivity contribution in [1.29, 1.82) is 0 Å². The monoisotopic (exact) mass is 790 g/mol. The summed E-state index contributed by atoms with van der Waals surface area (Å²) in [6.45, 7) is 17.5. The van der Waals surface area contributed by atoms with Crippen LogP contribution in [0.1, 0.15) is 44.9 Å². The lowest BCUT2D eigenvalue weighted by Crippen LogP contribution is -2.57. The summed E-state index contributed by atoms with van der Waals surface area (Å²) in [6.07, 6.45) is -0.670. The number of aromatic nitrogens is 1. The fraction of sp³-hybridized carbons (Fsp3) is 0.692. The number of aliphatic hydroxyl groups excluding tert-OH is 1. The van der Waals surface area contributed by atoms with E-state index < -0.39 is 29.5 Å². The zero-order chi connectivity index (χ0) is 39.5. The van der Waals surface area contributed by atoms with Crippen LogP contribution in [0.2, 0.25) is 0 Å². The second-order valence-electron chi connectivity index (χ2n) is 14.8. The average molecular weight is 791 g/mol. The number of nitrogens with one attached hydrogen (secondary N) is 3. The number of aliphatic hydroxyl groups is 1. The number of hydrogen-bond donors (Lipinski definition) is 4. The third-order valence-corrected chi connectivity index (χ3v) is 10.4. The molecule has 3 heterocycles. The molecule has 308 valence electrons. The number of amides is 3. The largest absolute Gasteiger partial charge is 0.391 e. The predicted octanol–water partition coefficient (Wildman–Crippen LogP) is 1.61. The van der Waals surface area contributed by atoms with Gasteiger partial charge in [0.2, 0.25) is 17.7 Å². The van der Waals surface area contributed by atoms with E-state index in [2.05, 4.69) is 25.8 Å². The van der Waals surface area contributed by atoms with E-state index in [4.69, 9.17) is 23.7 Å². The Labute approximate surface area is 329 Å². The molecule has 2 aliphatic rings. The minimum absolute atomic E-state index is 0.0113. The van der Waals surface area contributed by atoms with Gasteiger partial charge in [0, 0.05) is 58.7 Å². The lowest BCUT2D eigenvalue weighted by atomic mass is 9.85. The van der Waals surface area contributed by atoms with Gasteiger partial charge >= 0.3 is 0 Å². The van der Waals surface area contributed by atoms with Crippen molar-refractivity contribution in [3.63, 3.8) is 0 Å². The molecule has 0 saturated carbocycles. The minimum Gasteiger partial charge on any atom is -0.391 e. The van der Waals surface area contributed by atoms with Crippen LogP contribution in [0.4, 0.5) is 0 Å². The first-order valence-electron chi connectivity index (χ1n) is 19.4. The Morgan fingerprint density at radius 3 is 2.05 bits per heavy atom. The number of thiazole rings is 1. The molecule has 2 aromatic rings. The zero-order valence-electron chi connectivity index (χ0n) is 33.0. The SMILES string of the molecule is Cc1ncsc1-c1ccc(CNC(=O)[C@@H]2C[C@@H](O)CN2C(=O)[C@@H](NC(=O)CCOCCOCCOCCOCCOCCN2CCNCC2)C(C)(C)C)cc1. The summed E-state index contributed by atoms with van der Waals surface area (Å²) in [5.41, 5.74) is 4.11. The Kier molecular flexibility index (Phi) is 19.4. The maximum absolute atomic E-state index is 13.9. The summed E-state index contributed by atoms with van der Waals surface area (Å²) in [5.74, 6) is -1.10. The highest BCUT2D eigenvalue weighted by atomic mass is 32.1. The van der Waals surface area contributed by atoms with E-state index in [0.29, 0.717) is 59.5 Å². The van der Waals surface area contributed by atoms with Crippen LogP contribution in [0.25, 0.3) is 10.4 Å². The summed E-state index contributed by atoms with van der Waals surface area (Å²) in [6, 6.07) is 6.14. The van der Waals surface area contributed by atoms with E-state index in [9.17, 15) is 19.5 Å². The number of rotatable bonds is 24. The van der Waals surface area contributed by atoms with Crippen LogP contribution < -0.4 is 16.0 Å². The van der Waals surface area contributed by atoms with Crippen molar-refractivity contribution in [2.45, 2.75) is 65.3 Å². The topological polar surface area (TPSA) is 173 Å². The maximum Gasteiger partial charge on any atom is 0.246 e. The third-order valence-electron chi connectivity index (χ3n) is 9.43. The van der Waals surface area contributed by atoms with Crippen molar-refractivity contribution in [2.24, 2.45) is 5.41 Å². The zero-order valence-corrected chi connectivity index (χ0v) is 33.8. The van der Waals surface area contributed by atoms with Gasteiger partial charge in [-0.15, -0.1) is 11.3 Å². The van der Waals surface area contributed by atoms with Gasteiger partial charge in [-0.3, -0.25) is 19.3 Å². The molecular formula is C39H62N6O9S. The summed E-state index contributed by atoms with van der Waals surface area (Å²) in [7, 11) is 0. The first-order chi connectivity index (χ1) is 26.5. The van der Waals surface area contributed by atoms with Gasteiger partial charge in [-0.1, -0.05) is 45.0 Å². The number of β-amino-alcohol motifs (C(OH)–C–C–N with tert-alkyl or cyclic N) is 1. The smallest absolute Gasteiger partial charge is 0.246 e. The van der Waals surface area contributed by atoms with Gasteiger partial charge in [0.25, 0.3) is 0 Å². The summed E-state index contributed by atoms with van der Waals surface area (Å²) >= 11 is 1.58. The van der Waals surface area contributed by atoms with Crippen molar-refractivity contribution in [2.75, 3.05) is 105 Å². The van der Waals surface area contributed by atoms with Crippen LogP contribution in [0, 0.1) is 12.3 Å². The molecular weight excluding hydrogens is 729 g/mol. The number of nitrogens with zero attached hydrogens (tertiary/aromatic N) is 3. The summed E-state index contributed by atoms with van der Waals surface area (Å²) in [5, 5.41) is 19.6. The van der Waals surface area contributed by atoms with E-state index >= 15 is 0 Å². The van der Waals surface area contributed by atoms with Crippen molar-refractivity contribution in [1.82, 2.24) is 30.7 Å². The van der Waals surface area contributed by atoms with E-state index in [-0.39, 0.29) is 44.4 Å².